The summed E-state index contributed by atoms with van der Waals surface area (Å²) >= 11 is 23.9. The Labute approximate surface area is 390 Å². The third kappa shape index (κ3) is 16.6. The maximum absolute atomic E-state index is 10.5. The Kier molecular flexibility index (Phi) is 27.0. The first-order chi connectivity index (χ1) is 25.1. The number of hydrogen-bond donors (Lipinski definition) is 4. The van der Waals surface area contributed by atoms with Gasteiger partial charge in [0.15, 0.2) is 0 Å². The fraction of sp³-hybridized carbons (Fsp3) is 0. The lowest BCUT2D eigenvalue weighted by atomic mass is 10.7. The summed E-state index contributed by atoms with van der Waals surface area (Å²) in [4.78, 5) is 43.2. The molecule has 0 aliphatic carbocycles. The largest absolute Gasteiger partial charge is 0.544 e. The Bertz CT molecular complexity index is 1620. The maximum atomic E-state index is 10.5. The molecule has 0 aromatic heterocycles. The number of carbonyl (C=O) groups excluding carboxylic acids is 4. The average Bonchev–Trinajstić information content (AvgIpc) is 4.00. The van der Waals surface area contributed by atoms with Crippen molar-refractivity contribution < 1.29 is 39.6 Å². The number of hydrogen-bond acceptors (Lipinski definition) is 24. The van der Waals surface area contributed by atoms with Crippen molar-refractivity contribution >= 4 is 212 Å². The Balaban J connectivity index is 0.000000365. The molecule has 304 valence electrons. The molecule has 12 nitrogen and oxygen atoms in total. The second kappa shape index (κ2) is 27.9. The summed E-state index contributed by atoms with van der Waals surface area (Å²) in [5, 5.41) is 64.4. The highest BCUT2D eigenvalue weighted by Gasteiger charge is 2.22. The molecule has 8 rings (SSSR count). The van der Waals surface area contributed by atoms with Crippen molar-refractivity contribution in [3.63, 3.8) is 0 Å². The van der Waals surface area contributed by atoms with Gasteiger partial charge in [0.2, 0.25) is 0 Å². The lowest BCUT2D eigenvalue weighted by Crippen LogP contribution is -2.22. The molecule has 56 heavy (non-hydrogen) atoms. The van der Waals surface area contributed by atoms with Crippen LogP contribution in [0.25, 0.3) is 0 Å². The summed E-state index contributed by atoms with van der Waals surface area (Å²) in [6.45, 7) is 0. The van der Waals surface area contributed by atoms with E-state index in [9.17, 15) is 39.6 Å². The molecule has 0 amide bonds. The SMILES string of the molecule is O=C([O-])C1=CSC(=C2SC=CS2)S1.O=C([O-])C1=CSC(=C2SC=CS2)S1.O=C([O-])C1=CSC(=C2SC=CS2)S1.O=C([O-])C1=CSC(=C2SC=CS2)S1.[NH4+].[NH4+].[NH4+].[NH4+]. The zero-order chi connectivity index (χ0) is 37.0. The minimum absolute atomic E-state index is 0. The minimum atomic E-state index is -1.09. The van der Waals surface area contributed by atoms with E-state index in [2.05, 4.69) is 0 Å². The molecular formula is C28H28N4O8S16. The van der Waals surface area contributed by atoms with Crippen molar-refractivity contribution in [2.75, 3.05) is 0 Å². The van der Waals surface area contributed by atoms with Crippen LogP contribution in [0.15, 0.2) is 118 Å². The predicted molar refractivity (Wildman–Crippen MR) is 262 cm³/mol. The van der Waals surface area contributed by atoms with E-state index < -0.39 is 23.9 Å². The van der Waals surface area contributed by atoms with Gasteiger partial charge in [0.05, 0.1) is 57.8 Å². The summed E-state index contributed by atoms with van der Waals surface area (Å²) in [6.07, 6.45) is 0. The van der Waals surface area contributed by atoms with Crippen LogP contribution in [0.4, 0.5) is 0 Å². The highest BCUT2D eigenvalue weighted by molar-refractivity contribution is 8.36. The monoisotopic (exact) mass is 1060 g/mol. The highest BCUT2D eigenvalue weighted by atomic mass is 32.2. The van der Waals surface area contributed by atoms with Crippen LogP contribution in [-0.2, 0) is 19.2 Å². The molecule has 8 aliphatic heterocycles. The first-order valence-electron chi connectivity index (χ1n) is 13.0. The average molecular weight is 1060 g/mol. The lowest BCUT2D eigenvalue weighted by Gasteiger charge is -2.02. The molecule has 8 aliphatic rings. The van der Waals surface area contributed by atoms with Crippen molar-refractivity contribution in [1.29, 1.82) is 0 Å². The second-order valence-corrected chi connectivity index (χ2v) is 25.4. The Morgan fingerprint density at radius 2 is 0.446 bits per heavy atom. The molecule has 0 atom stereocenters. The van der Waals surface area contributed by atoms with E-state index >= 15 is 0 Å². The van der Waals surface area contributed by atoms with Gasteiger partial charge >= 0.3 is 0 Å². The lowest BCUT2D eigenvalue weighted by molar-refractivity contribution is -0.299. The summed E-state index contributed by atoms with van der Waals surface area (Å²) in [5.41, 5.74) is 0. The van der Waals surface area contributed by atoms with Crippen LogP contribution in [0.5, 0.6) is 0 Å². The number of rotatable bonds is 4. The molecule has 0 saturated carbocycles. The summed E-state index contributed by atoms with van der Waals surface area (Å²) in [6, 6.07) is 0. The van der Waals surface area contributed by atoms with Crippen LogP contribution in [-0.4, -0.2) is 23.9 Å². The molecule has 0 fully saturated rings. The Morgan fingerprint density at radius 1 is 0.286 bits per heavy atom. The van der Waals surface area contributed by atoms with E-state index in [1.54, 1.807) is 116 Å². The molecule has 0 aromatic carbocycles. The van der Waals surface area contributed by atoms with Crippen LogP contribution in [0, 0.1) is 0 Å². The predicted octanol–water partition coefficient (Wildman–Crippen LogP) is 10.0. The van der Waals surface area contributed by atoms with Gasteiger partial charge in [-0.15, -0.1) is 0 Å². The van der Waals surface area contributed by atoms with Crippen LogP contribution < -0.4 is 45.0 Å². The van der Waals surface area contributed by atoms with Gasteiger partial charge < -0.3 is 64.2 Å². The van der Waals surface area contributed by atoms with E-state index in [0.29, 0.717) is 19.6 Å². The smallest absolute Gasteiger partial charge is 0.0788 e. The first kappa shape index (κ1) is 54.2. The Hall–Kier alpha value is 0.200. The van der Waals surface area contributed by atoms with Crippen LogP contribution >= 0.6 is 188 Å². The normalized spacial score (nSPS) is 19.6. The van der Waals surface area contributed by atoms with E-state index in [1.807, 2.05) is 43.3 Å². The van der Waals surface area contributed by atoms with E-state index in [4.69, 9.17) is 0 Å². The van der Waals surface area contributed by atoms with Crippen molar-refractivity contribution in [3.8, 4) is 0 Å². The minimum Gasteiger partial charge on any atom is -0.544 e. The van der Waals surface area contributed by atoms with Gasteiger partial charge in [0, 0.05) is 19.6 Å². The number of aliphatic carboxylic acids is 4. The zero-order valence-corrected chi connectivity index (χ0v) is 41.8. The van der Waals surface area contributed by atoms with E-state index in [1.165, 1.54) is 94.1 Å². The van der Waals surface area contributed by atoms with Crippen molar-refractivity contribution in [3.05, 3.63) is 118 Å². The van der Waals surface area contributed by atoms with E-state index in [-0.39, 0.29) is 24.6 Å². The van der Waals surface area contributed by atoms with Gasteiger partial charge in [-0.3, -0.25) is 0 Å². The zero-order valence-electron chi connectivity index (χ0n) is 28.7. The molecule has 0 saturated heterocycles. The quantitative estimate of drug-likeness (QED) is 0.203. The third-order valence-electron chi connectivity index (χ3n) is 5.00. The van der Waals surface area contributed by atoms with E-state index in [0.717, 1.165) is 33.9 Å². The molecule has 8 heterocycles. The number of carboxylic acids is 4. The molecule has 0 radical (unpaired) electrons. The standard InChI is InChI=1S/4C7H4O2S4.4H3N/c4*8-5(9)4-3-12-7(13-4)6-10-1-2-11-6;;;;/h4*1-3H,(H,8,9);4*1H3. The summed E-state index contributed by atoms with van der Waals surface area (Å²) in [5.74, 6) is -4.36. The van der Waals surface area contributed by atoms with Gasteiger partial charge in [-0.1, -0.05) is 188 Å². The number of carboxylic acid groups (broad SMARTS) is 4. The Morgan fingerprint density at radius 3 is 0.571 bits per heavy atom. The fourth-order valence-electron chi connectivity index (χ4n) is 2.95. The van der Waals surface area contributed by atoms with Gasteiger partial charge in [-0.05, 0) is 64.9 Å². The summed E-state index contributed by atoms with van der Waals surface area (Å²) in [7, 11) is 0. The van der Waals surface area contributed by atoms with Crippen LogP contribution in [0.3, 0.4) is 0 Å². The summed E-state index contributed by atoms with van der Waals surface area (Å²) < 4.78 is 8.78. The fourth-order valence-corrected chi connectivity index (χ4v) is 20.0. The molecule has 16 N–H and O–H groups in total. The van der Waals surface area contributed by atoms with Crippen LogP contribution in [0.2, 0.25) is 0 Å². The van der Waals surface area contributed by atoms with Crippen molar-refractivity contribution in [2.24, 2.45) is 0 Å². The molecular weight excluding hydrogens is 1030 g/mol. The topological polar surface area (TPSA) is 307 Å². The number of quaternary nitrogens is 4. The van der Waals surface area contributed by atoms with Gasteiger partial charge in [-0.2, -0.15) is 0 Å². The van der Waals surface area contributed by atoms with Crippen molar-refractivity contribution in [1.82, 2.24) is 24.6 Å². The molecule has 0 aromatic rings. The molecule has 0 unspecified atom stereocenters. The van der Waals surface area contributed by atoms with Gasteiger partial charge in [0.1, 0.15) is 0 Å². The van der Waals surface area contributed by atoms with Crippen LogP contribution in [0.1, 0.15) is 0 Å². The molecule has 0 bridgehead atoms. The first-order valence-corrected chi connectivity index (χ1v) is 26.9. The second-order valence-electron chi connectivity index (χ2n) is 8.29. The van der Waals surface area contributed by atoms with Gasteiger partial charge in [-0.25, -0.2) is 0 Å². The highest BCUT2D eigenvalue weighted by Crippen LogP contribution is 2.55. The molecule has 0 spiro atoms. The molecule has 28 heteroatoms. The van der Waals surface area contributed by atoms with Crippen molar-refractivity contribution in [2.45, 2.75) is 0 Å². The number of carbonyl (C=O) groups is 4. The van der Waals surface area contributed by atoms with Gasteiger partial charge in [0.25, 0.3) is 0 Å². The number of thioether (sulfide) groups is 16. The third-order valence-corrected chi connectivity index (χ3v) is 25.0. The maximum Gasteiger partial charge on any atom is 0.0788 e.